The van der Waals surface area contributed by atoms with Crippen molar-refractivity contribution >= 4 is 11.4 Å². The first-order valence-electron chi connectivity index (χ1n) is 6.35. The molecule has 0 radical (unpaired) electrons. The van der Waals surface area contributed by atoms with Gasteiger partial charge in [-0.1, -0.05) is 0 Å². The van der Waals surface area contributed by atoms with Gasteiger partial charge in [0, 0.05) is 30.4 Å². The zero-order chi connectivity index (χ0) is 13.0. The fourth-order valence-corrected chi connectivity index (χ4v) is 2.43. The molecule has 1 aromatic rings. The van der Waals surface area contributed by atoms with E-state index < -0.39 is 0 Å². The minimum absolute atomic E-state index is 0.135. The Balaban J connectivity index is 1.78. The van der Waals surface area contributed by atoms with E-state index in [1.54, 1.807) is 12.1 Å². The van der Waals surface area contributed by atoms with Crippen LogP contribution in [0.3, 0.4) is 0 Å². The van der Waals surface area contributed by atoms with Crippen LogP contribution in [-0.2, 0) is 0 Å². The summed E-state index contributed by atoms with van der Waals surface area (Å²) >= 11 is 0. The Kier molecular flexibility index (Phi) is 4.15. The van der Waals surface area contributed by atoms with Gasteiger partial charge in [0.05, 0.1) is 4.92 Å². The molecule has 0 aromatic heterocycles. The predicted octanol–water partition coefficient (Wildman–Crippen LogP) is 2.49. The zero-order valence-electron chi connectivity index (χ0n) is 10.6. The number of rotatable bonds is 5. The number of nitrogens with one attached hydrogen (secondary N) is 1. The van der Waals surface area contributed by atoms with E-state index in [0.717, 1.165) is 18.7 Å². The van der Waals surface area contributed by atoms with E-state index in [0.29, 0.717) is 6.04 Å². The molecule has 5 heteroatoms. The topological polar surface area (TPSA) is 58.4 Å². The largest absolute Gasteiger partial charge is 0.385 e. The maximum absolute atomic E-state index is 10.5. The lowest BCUT2D eigenvalue weighted by atomic mass is 10.1. The average molecular weight is 249 g/mol. The number of hydrogen-bond donors (Lipinski definition) is 1. The molecule has 1 unspecified atom stereocenters. The molecule has 1 aromatic carbocycles. The van der Waals surface area contributed by atoms with E-state index in [9.17, 15) is 10.1 Å². The van der Waals surface area contributed by atoms with E-state index in [-0.39, 0.29) is 10.6 Å². The Morgan fingerprint density at radius 1 is 1.44 bits per heavy atom. The Morgan fingerprint density at radius 3 is 2.72 bits per heavy atom. The van der Waals surface area contributed by atoms with Gasteiger partial charge in [-0.3, -0.25) is 10.1 Å². The van der Waals surface area contributed by atoms with Gasteiger partial charge in [-0.05, 0) is 45.0 Å². The highest BCUT2D eigenvalue weighted by molar-refractivity contribution is 5.48. The van der Waals surface area contributed by atoms with Crippen LogP contribution in [-0.4, -0.2) is 36.0 Å². The minimum Gasteiger partial charge on any atom is -0.385 e. The SMILES string of the molecule is CN1CCCC1CCNc1ccc([N+](=O)[O-])cc1. The van der Waals surface area contributed by atoms with Gasteiger partial charge in [-0.2, -0.15) is 0 Å². The lowest BCUT2D eigenvalue weighted by Crippen LogP contribution is -2.26. The van der Waals surface area contributed by atoms with E-state index in [1.165, 1.54) is 31.5 Å². The molecule has 1 saturated heterocycles. The Bertz CT molecular complexity index is 405. The first-order valence-corrected chi connectivity index (χ1v) is 6.35. The Labute approximate surface area is 107 Å². The summed E-state index contributed by atoms with van der Waals surface area (Å²) in [6.45, 7) is 2.11. The van der Waals surface area contributed by atoms with Gasteiger partial charge in [0.2, 0.25) is 0 Å². The third-order valence-electron chi connectivity index (χ3n) is 3.56. The molecule has 5 nitrogen and oxygen atoms in total. The highest BCUT2D eigenvalue weighted by Gasteiger charge is 2.19. The molecular formula is C13H19N3O2. The number of nitro groups is 1. The second kappa shape index (κ2) is 5.82. The van der Waals surface area contributed by atoms with Crippen molar-refractivity contribution < 1.29 is 4.92 Å². The first-order chi connectivity index (χ1) is 8.66. The number of benzene rings is 1. The molecule has 0 bridgehead atoms. The van der Waals surface area contributed by atoms with Crippen molar-refractivity contribution in [2.24, 2.45) is 0 Å². The summed E-state index contributed by atoms with van der Waals surface area (Å²) in [6.07, 6.45) is 3.69. The normalized spacial score (nSPS) is 19.9. The molecule has 2 rings (SSSR count). The highest BCUT2D eigenvalue weighted by Crippen LogP contribution is 2.19. The van der Waals surface area contributed by atoms with Gasteiger partial charge >= 0.3 is 0 Å². The van der Waals surface area contributed by atoms with E-state index in [2.05, 4.69) is 17.3 Å². The van der Waals surface area contributed by atoms with Gasteiger partial charge in [-0.25, -0.2) is 0 Å². The zero-order valence-corrected chi connectivity index (χ0v) is 10.6. The second-order valence-corrected chi connectivity index (χ2v) is 4.80. The smallest absolute Gasteiger partial charge is 0.269 e. The van der Waals surface area contributed by atoms with Crippen molar-refractivity contribution in [3.8, 4) is 0 Å². The second-order valence-electron chi connectivity index (χ2n) is 4.80. The summed E-state index contributed by atoms with van der Waals surface area (Å²) in [5, 5.41) is 13.8. The van der Waals surface area contributed by atoms with Crippen molar-refractivity contribution in [1.29, 1.82) is 0 Å². The molecule has 18 heavy (non-hydrogen) atoms. The summed E-state index contributed by atoms with van der Waals surface area (Å²) in [4.78, 5) is 12.5. The van der Waals surface area contributed by atoms with Crippen LogP contribution < -0.4 is 5.32 Å². The number of non-ortho nitro benzene ring substituents is 1. The van der Waals surface area contributed by atoms with E-state index >= 15 is 0 Å². The molecule has 0 amide bonds. The monoisotopic (exact) mass is 249 g/mol. The van der Waals surface area contributed by atoms with Crippen molar-refractivity contribution in [3.05, 3.63) is 34.4 Å². The van der Waals surface area contributed by atoms with Crippen molar-refractivity contribution in [1.82, 2.24) is 4.90 Å². The molecule has 98 valence electrons. The quantitative estimate of drug-likeness (QED) is 0.643. The Hall–Kier alpha value is -1.62. The molecule has 0 spiro atoms. The van der Waals surface area contributed by atoms with Crippen LogP contribution in [0.1, 0.15) is 19.3 Å². The van der Waals surface area contributed by atoms with Crippen LogP contribution in [0.2, 0.25) is 0 Å². The van der Waals surface area contributed by atoms with Crippen molar-refractivity contribution in [2.75, 3.05) is 25.5 Å². The van der Waals surface area contributed by atoms with Gasteiger partial charge in [-0.15, -0.1) is 0 Å². The molecule has 1 aliphatic heterocycles. The fourth-order valence-electron chi connectivity index (χ4n) is 2.43. The third kappa shape index (κ3) is 3.20. The van der Waals surface area contributed by atoms with Crippen LogP contribution in [0.15, 0.2) is 24.3 Å². The van der Waals surface area contributed by atoms with E-state index in [4.69, 9.17) is 0 Å². The predicted molar refractivity (Wildman–Crippen MR) is 71.9 cm³/mol. The van der Waals surface area contributed by atoms with Crippen LogP contribution in [0.4, 0.5) is 11.4 Å². The van der Waals surface area contributed by atoms with E-state index in [1.807, 2.05) is 0 Å². The molecule has 1 N–H and O–H groups in total. The number of nitrogens with zero attached hydrogens (tertiary/aromatic N) is 2. The minimum atomic E-state index is -0.378. The van der Waals surface area contributed by atoms with Gasteiger partial charge in [0.15, 0.2) is 0 Å². The van der Waals surface area contributed by atoms with Gasteiger partial charge < -0.3 is 10.2 Å². The summed E-state index contributed by atoms with van der Waals surface area (Å²) in [5.41, 5.74) is 1.08. The van der Waals surface area contributed by atoms with Crippen molar-refractivity contribution in [2.45, 2.75) is 25.3 Å². The summed E-state index contributed by atoms with van der Waals surface area (Å²) in [5.74, 6) is 0. The Morgan fingerprint density at radius 2 is 2.17 bits per heavy atom. The summed E-state index contributed by atoms with van der Waals surface area (Å²) < 4.78 is 0. The molecule has 0 aliphatic carbocycles. The fraction of sp³-hybridized carbons (Fsp3) is 0.538. The van der Waals surface area contributed by atoms with Crippen LogP contribution in [0.5, 0.6) is 0 Å². The number of nitro benzene ring substituents is 1. The standard InChI is InChI=1S/C13H19N3O2/c1-15-10-2-3-12(15)8-9-14-11-4-6-13(7-5-11)16(17)18/h4-7,12,14H,2-3,8-10H2,1H3. The number of hydrogen-bond acceptors (Lipinski definition) is 4. The lowest BCUT2D eigenvalue weighted by molar-refractivity contribution is -0.384. The van der Waals surface area contributed by atoms with Crippen molar-refractivity contribution in [3.63, 3.8) is 0 Å². The first kappa shape index (κ1) is 12.8. The third-order valence-corrected chi connectivity index (χ3v) is 3.56. The summed E-state index contributed by atoms with van der Waals surface area (Å²) in [7, 11) is 2.17. The van der Waals surface area contributed by atoms with Gasteiger partial charge in [0.1, 0.15) is 0 Å². The van der Waals surface area contributed by atoms with Crippen LogP contribution in [0.25, 0.3) is 0 Å². The van der Waals surface area contributed by atoms with Crippen LogP contribution >= 0.6 is 0 Å². The maximum Gasteiger partial charge on any atom is 0.269 e. The van der Waals surface area contributed by atoms with Gasteiger partial charge in [0.25, 0.3) is 5.69 Å². The molecule has 0 saturated carbocycles. The molecular weight excluding hydrogens is 230 g/mol. The molecule has 1 heterocycles. The summed E-state index contributed by atoms with van der Waals surface area (Å²) in [6, 6.07) is 7.26. The number of anilines is 1. The average Bonchev–Trinajstić information content (AvgIpc) is 2.76. The lowest BCUT2D eigenvalue weighted by Gasteiger charge is -2.19. The highest BCUT2D eigenvalue weighted by atomic mass is 16.6. The molecule has 1 fully saturated rings. The maximum atomic E-state index is 10.5. The number of likely N-dealkylation sites (tertiary alicyclic amines) is 1. The molecule has 1 aliphatic rings. The van der Waals surface area contributed by atoms with Crippen LogP contribution in [0, 0.1) is 10.1 Å². The molecule has 1 atom stereocenters.